The number of carbonyl (C=O) groups excluding carboxylic acids is 1. The number of ether oxygens (including phenoxy) is 2. The third kappa shape index (κ3) is 4.95. The Balaban J connectivity index is 1.49. The number of imidazole rings is 1. The molecule has 1 aromatic heterocycles. The maximum Gasteiger partial charge on any atom is 0.494 e. The van der Waals surface area contributed by atoms with Crippen LogP contribution in [-0.2, 0) is 18.8 Å². The number of morpholine rings is 1. The zero-order valence-electron chi connectivity index (χ0n) is 20.6. The molecule has 2 fully saturated rings. The summed E-state index contributed by atoms with van der Waals surface area (Å²) in [5, 5.41) is 0. The van der Waals surface area contributed by atoms with Crippen LogP contribution in [0, 0.1) is 0 Å². The molecule has 0 aliphatic carbocycles. The van der Waals surface area contributed by atoms with Crippen molar-refractivity contribution >= 4 is 18.7 Å². The first-order valence-electron chi connectivity index (χ1n) is 11.4. The fourth-order valence-corrected chi connectivity index (χ4v) is 3.82. The van der Waals surface area contributed by atoms with Gasteiger partial charge in [-0.15, -0.1) is 0 Å². The molecule has 0 unspecified atom stereocenters. The number of rotatable bonds is 3. The Bertz CT molecular complexity index is 980. The lowest BCUT2D eigenvalue weighted by atomic mass is 9.79. The van der Waals surface area contributed by atoms with E-state index in [-0.39, 0.29) is 23.3 Å². The highest BCUT2D eigenvalue weighted by Gasteiger charge is 2.51. The van der Waals surface area contributed by atoms with Gasteiger partial charge in [0.25, 0.3) is 0 Å². The van der Waals surface area contributed by atoms with Gasteiger partial charge in [-0.05, 0) is 59.5 Å². The van der Waals surface area contributed by atoms with Gasteiger partial charge in [-0.1, -0.05) is 24.3 Å². The molecule has 9 heteroatoms. The van der Waals surface area contributed by atoms with Crippen LogP contribution in [0.2, 0.25) is 0 Å². The predicted octanol–water partition coefficient (Wildman–Crippen LogP) is 3.68. The van der Waals surface area contributed by atoms with Crippen molar-refractivity contribution in [1.82, 2.24) is 14.9 Å². The number of hydrogen-bond acceptors (Lipinski definition) is 6. The summed E-state index contributed by atoms with van der Waals surface area (Å²) in [5.41, 5.74) is 1.49. The summed E-state index contributed by atoms with van der Waals surface area (Å²) in [6.45, 7) is 15.1. The van der Waals surface area contributed by atoms with Crippen LogP contribution in [0.1, 0.15) is 60.3 Å². The maximum absolute atomic E-state index is 12.7. The lowest BCUT2D eigenvalue weighted by molar-refractivity contribution is -0.0349. The highest BCUT2D eigenvalue weighted by molar-refractivity contribution is 6.62. The Labute approximate surface area is 196 Å². The van der Waals surface area contributed by atoms with Gasteiger partial charge in [0.1, 0.15) is 17.5 Å². The second kappa shape index (κ2) is 8.45. The number of aromatic amines is 1. The van der Waals surface area contributed by atoms with Gasteiger partial charge in [-0.2, -0.15) is 0 Å². The number of carbonyl (C=O) groups is 1. The molecule has 178 valence electrons. The lowest BCUT2D eigenvalue weighted by Crippen LogP contribution is -2.46. The zero-order chi connectivity index (χ0) is 24.0. The number of nitrogens with one attached hydrogen (secondary N) is 1. The summed E-state index contributed by atoms with van der Waals surface area (Å²) in [4.78, 5) is 22.3. The van der Waals surface area contributed by atoms with Gasteiger partial charge in [-0.25, -0.2) is 9.78 Å². The molecule has 0 spiro atoms. The number of H-pyrrole nitrogens is 1. The molecule has 2 aliphatic rings. The number of aromatic nitrogens is 2. The molecular formula is C24H34BN3O5. The SMILES string of the molecule is CC(C)(C)OC(=O)N1CCOC[C@H]1c1ncc(-c2ccc(B3OC(C)(C)C(C)(C)O3)cc2)[nH]1. The zero-order valence-corrected chi connectivity index (χ0v) is 20.6. The molecule has 33 heavy (non-hydrogen) atoms. The van der Waals surface area contributed by atoms with Crippen LogP contribution >= 0.6 is 0 Å². The Hall–Kier alpha value is -2.36. The largest absolute Gasteiger partial charge is 0.494 e. The van der Waals surface area contributed by atoms with E-state index in [1.807, 2.05) is 72.7 Å². The van der Waals surface area contributed by atoms with Crippen molar-refractivity contribution in [3.05, 3.63) is 36.3 Å². The molecule has 8 nitrogen and oxygen atoms in total. The smallest absolute Gasteiger partial charge is 0.444 e. The molecule has 2 aromatic rings. The van der Waals surface area contributed by atoms with Crippen LogP contribution in [0.5, 0.6) is 0 Å². The average Bonchev–Trinajstić information content (AvgIpc) is 3.29. The van der Waals surface area contributed by atoms with Crippen molar-refractivity contribution in [3.8, 4) is 11.3 Å². The summed E-state index contributed by atoms with van der Waals surface area (Å²) in [6, 6.07) is 7.72. The van der Waals surface area contributed by atoms with Crippen molar-refractivity contribution in [3.63, 3.8) is 0 Å². The van der Waals surface area contributed by atoms with Crippen LogP contribution in [0.25, 0.3) is 11.3 Å². The van der Waals surface area contributed by atoms with Gasteiger partial charge < -0.3 is 23.8 Å². The molecule has 1 amide bonds. The Kier molecular flexibility index (Phi) is 6.09. The topological polar surface area (TPSA) is 85.9 Å². The monoisotopic (exact) mass is 455 g/mol. The summed E-state index contributed by atoms with van der Waals surface area (Å²) < 4.78 is 23.5. The molecule has 4 rings (SSSR count). The molecule has 0 saturated carbocycles. The van der Waals surface area contributed by atoms with Gasteiger partial charge in [0.15, 0.2) is 0 Å². The minimum Gasteiger partial charge on any atom is -0.444 e. The molecule has 1 N–H and O–H groups in total. The number of hydrogen-bond donors (Lipinski definition) is 1. The standard InChI is InChI=1S/C24H34BN3O5/c1-22(2,3)31-21(29)28-12-13-30-15-19(28)20-26-14-18(27-20)16-8-10-17(11-9-16)25-32-23(4,5)24(6,7)33-25/h8-11,14,19H,12-13,15H2,1-7H3,(H,26,27)/t19-/m0/s1. The van der Waals surface area contributed by atoms with E-state index >= 15 is 0 Å². The quantitative estimate of drug-likeness (QED) is 0.711. The summed E-state index contributed by atoms with van der Waals surface area (Å²) in [7, 11) is -0.400. The van der Waals surface area contributed by atoms with Gasteiger partial charge in [0.05, 0.1) is 36.3 Å². The highest BCUT2D eigenvalue weighted by Crippen LogP contribution is 2.36. The van der Waals surface area contributed by atoms with E-state index in [0.717, 1.165) is 16.7 Å². The van der Waals surface area contributed by atoms with E-state index < -0.39 is 12.7 Å². The van der Waals surface area contributed by atoms with Crippen LogP contribution in [-0.4, -0.2) is 64.6 Å². The first-order valence-corrected chi connectivity index (χ1v) is 11.4. The second-order valence-corrected chi connectivity index (χ2v) is 10.7. The minimum absolute atomic E-state index is 0.327. The third-order valence-electron chi connectivity index (χ3n) is 6.41. The molecule has 3 heterocycles. The molecule has 0 bridgehead atoms. The Morgan fingerprint density at radius 2 is 1.79 bits per heavy atom. The van der Waals surface area contributed by atoms with Crippen molar-refractivity contribution in [2.24, 2.45) is 0 Å². The van der Waals surface area contributed by atoms with Crippen LogP contribution in [0.4, 0.5) is 4.79 Å². The highest BCUT2D eigenvalue weighted by atomic mass is 16.7. The molecule has 0 radical (unpaired) electrons. The number of benzene rings is 1. The van der Waals surface area contributed by atoms with E-state index in [4.69, 9.17) is 18.8 Å². The lowest BCUT2D eigenvalue weighted by Gasteiger charge is -2.35. The van der Waals surface area contributed by atoms with Crippen LogP contribution in [0.15, 0.2) is 30.5 Å². The number of nitrogens with zero attached hydrogens (tertiary/aromatic N) is 2. The van der Waals surface area contributed by atoms with E-state index in [9.17, 15) is 4.79 Å². The van der Waals surface area contributed by atoms with Gasteiger partial charge in [0.2, 0.25) is 0 Å². The van der Waals surface area contributed by atoms with E-state index in [1.54, 1.807) is 11.1 Å². The average molecular weight is 455 g/mol. The van der Waals surface area contributed by atoms with Crippen molar-refractivity contribution in [2.75, 3.05) is 19.8 Å². The predicted molar refractivity (Wildman–Crippen MR) is 126 cm³/mol. The summed E-state index contributed by atoms with van der Waals surface area (Å²) >= 11 is 0. The summed E-state index contributed by atoms with van der Waals surface area (Å²) in [6.07, 6.45) is 1.42. The normalized spacial score (nSPS) is 22.5. The molecule has 1 aromatic carbocycles. The first-order chi connectivity index (χ1) is 15.4. The molecule has 2 saturated heterocycles. The second-order valence-electron chi connectivity index (χ2n) is 10.7. The maximum atomic E-state index is 12.7. The van der Waals surface area contributed by atoms with Gasteiger partial charge in [-0.3, -0.25) is 4.90 Å². The van der Waals surface area contributed by atoms with Crippen molar-refractivity contribution < 1.29 is 23.6 Å². The number of amides is 1. The first kappa shape index (κ1) is 23.8. The van der Waals surface area contributed by atoms with Crippen LogP contribution in [0.3, 0.4) is 0 Å². The van der Waals surface area contributed by atoms with E-state index in [0.29, 0.717) is 25.6 Å². The van der Waals surface area contributed by atoms with Crippen molar-refractivity contribution in [2.45, 2.75) is 71.3 Å². The van der Waals surface area contributed by atoms with E-state index in [2.05, 4.69) is 9.97 Å². The van der Waals surface area contributed by atoms with Gasteiger partial charge in [0, 0.05) is 6.54 Å². The summed E-state index contributed by atoms with van der Waals surface area (Å²) in [5.74, 6) is 0.672. The molecule has 1 atom stereocenters. The molecular weight excluding hydrogens is 421 g/mol. The van der Waals surface area contributed by atoms with Gasteiger partial charge >= 0.3 is 13.2 Å². The third-order valence-corrected chi connectivity index (χ3v) is 6.41. The Morgan fingerprint density at radius 3 is 2.39 bits per heavy atom. The molecule has 2 aliphatic heterocycles. The fraction of sp³-hybridized carbons (Fsp3) is 0.583. The Morgan fingerprint density at radius 1 is 1.15 bits per heavy atom. The fourth-order valence-electron chi connectivity index (χ4n) is 3.82. The minimum atomic E-state index is -0.562. The van der Waals surface area contributed by atoms with Crippen molar-refractivity contribution in [1.29, 1.82) is 0 Å². The van der Waals surface area contributed by atoms with E-state index in [1.165, 1.54) is 0 Å². The van der Waals surface area contributed by atoms with Crippen LogP contribution < -0.4 is 5.46 Å².